The van der Waals surface area contributed by atoms with E-state index in [9.17, 15) is 8.42 Å². The molecule has 1 aliphatic rings. The summed E-state index contributed by atoms with van der Waals surface area (Å²) in [6.45, 7) is 2.69. The highest BCUT2D eigenvalue weighted by molar-refractivity contribution is 7.89. The Morgan fingerprint density at radius 3 is 2.35 bits per heavy atom. The Labute approximate surface area is 102 Å². The second kappa shape index (κ2) is 4.66. The van der Waals surface area contributed by atoms with Crippen molar-refractivity contribution in [3.8, 4) is 0 Å². The van der Waals surface area contributed by atoms with Crippen LogP contribution in [0.5, 0.6) is 0 Å². The molecule has 1 aliphatic carbocycles. The number of nitrogens with one attached hydrogen (secondary N) is 2. The van der Waals surface area contributed by atoms with Crippen LogP contribution < -0.4 is 10.0 Å². The summed E-state index contributed by atoms with van der Waals surface area (Å²) in [5.41, 5.74) is 0.903. The molecule has 1 aromatic rings. The molecular formula is C12H18N2O2S. The molecule has 17 heavy (non-hydrogen) atoms. The third-order valence-electron chi connectivity index (χ3n) is 3.26. The Bertz CT molecular complexity index is 482. The molecule has 0 heterocycles. The standard InChI is InChI=1S/C12H18N2O2S/c1-9-7-10(9)8-14-17(15,16)12-5-3-11(13-2)4-6-12/h3-6,9-10,13-14H,7-8H2,1-2H3. The lowest BCUT2D eigenvalue weighted by Crippen LogP contribution is -2.26. The highest BCUT2D eigenvalue weighted by Crippen LogP contribution is 2.37. The van der Waals surface area contributed by atoms with Gasteiger partial charge in [-0.05, 0) is 42.5 Å². The fourth-order valence-electron chi connectivity index (χ4n) is 1.78. The SMILES string of the molecule is CNc1ccc(S(=O)(=O)NCC2CC2C)cc1. The molecule has 2 unspecified atom stereocenters. The molecule has 0 bridgehead atoms. The first kappa shape index (κ1) is 12.4. The van der Waals surface area contributed by atoms with E-state index in [1.54, 1.807) is 31.3 Å². The number of anilines is 1. The number of sulfonamides is 1. The van der Waals surface area contributed by atoms with Crippen LogP contribution in [0, 0.1) is 11.8 Å². The molecule has 1 fully saturated rings. The molecule has 2 atom stereocenters. The monoisotopic (exact) mass is 254 g/mol. The minimum atomic E-state index is -3.34. The summed E-state index contributed by atoms with van der Waals surface area (Å²) in [4.78, 5) is 0.324. The first-order valence-electron chi connectivity index (χ1n) is 5.80. The van der Waals surface area contributed by atoms with Crippen LogP contribution in [0.15, 0.2) is 29.2 Å². The topological polar surface area (TPSA) is 58.2 Å². The highest BCUT2D eigenvalue weighted by Gasteiger charge is 2.33. The van der Waals surface area contributed by atoms with Crippen molar-refractivity contribution in [1.82, 2.24) is 4.72 Å². The van der Waals surface area contributed by atoms with E-state index in [0.717, 1.165) is 12.1 Å². The van der Waals surface area contributed by atoms with Crippen LogP contribution in [0.4, 0.5) is 5.69 Å². The van der Waals surface area contributed by atoms with Gasteiger partial charge < -0.3 is 5.32 Å². The molecule has 0 spiro atoms. The van der Waals surface area contributed by atoms with Gasteiger partial charge in [-0.25, -0.2) is 13.1 Å². The minimum absolute atomic E-state index is 0.324. The Balaban J connectivity index is 2.02. The lowest BCUT2D eigenvalue weighted by Gasteiger charge is -2.07. The molecule has 5 heteroatoms. The summed E-state index contributed by atoms with van der Waals surface area (Å²) < 4.78 is 26.5. The average Bonchev–Trinajstić information content (AvgIpc) is 3.03. The van der Waals surface area contributed by atoms with Crippen molar-refractivity contribution < 1.29 is 8.42 Å². The second-order valence-electron chi connectivity index (χ2n) is 4.60. The maximum atomic E-state index is 11.9. The van der Waals surface area contributed by atoms with Crippen LogP contribution >= 0.6 is 0 Å². The second-order valence-corrected chi connectivity index (χ2v) is 6.37. The Morgan fingerprint density at radius 1 is 1.29 bits per heavy atom. The van der Waals surface area contributed by atoms with Crippen molar-refractivity contribution >= 4 is 15.7 Å². The highest BCUT2D eigenvalue weighted by atomic mass is 32.2. The van der Waals surface area contributed by atoms with Crippen molar-refractivity contribution in [3.05, 3.63) is 24.3 Å². The van der Waals surface area contributed by atoms with E-state index in [4.69, 9.17) is 0 Å². The van der Waals surface area contributed by atoms with E-state index >= 15 is 0 Å². The van der Waals surface area contributed by atoms with Gasteiger partial charge >= 0.3 is 0 Å². The zero-order valence-electron chi connectivity index (χ0n) is 10.1. The number of hydrogen-bond donors (Lipinski definition) is 2. The lowest BCUT2D eigenvalue weighted by atomic mass is 10.3. The third kappa shape index (κ3) is 2.98. The predicted molar refractivity (Wildman–Crippen MR) is 68.4 cm³/mol. The minimum Gasteiger partial charge on any atom is -0.388 e. The van der Waals surface area contributed by atoms with E-state index < -0.39 is 10.0 Å². The average molecular weight is 254 g/mol. The molecule has 0 aromatic heterocycles. The van der Waals surface area contributed by atoms with Gasteiger partial charge in [0.1, 0.15) is 0 Å². The van der Waals surface area contributed by atoms with Gasteiger partial charge in [-0.3, -0.25) is 0 Å². The van der Waals surface area contributed by atoms with Gasteiger partial charge in [0, 0.05) is 19.3 Å². The van der Waals surface area contributed by atoms with E-state index in [2.05, 4.69) is 17.0 Å². The number of hydrogen-bond acceptors (Lipinski definition) is 3. The van der Waals surface area contributed by atoms with Gasteiger partial charge in [-0.1, -0.05) is 6.92 Å². The van der Waals surface area contributed by atoms with Crippen molar-refractivity contribution in [1.29, 1.82) is 0 Å². The van der Waals surface area contributed by atoms with Crippen molar-refractivity contribution in [2.75, 3.05) is 18.9 Å². The Morgan fingerprint density at radius 2 is 1.88 bits per heavy atom. The first-order chi connectivity index (χ1) is 8.03. The van der Waals surface area contributed by atoms with Crippen LogP contribution in [0.3, 0.4) is 0 Å². The summed E-state index contributed by atoms with van der Waals surface area (Å²) in [6.07, 6.45) is 1.13. The zero-order valence-corrected chi connectivity index (χ0v) is 10.9. The van der Waals surface area contributed by atoms with Gasteiger partial charge in [0.25, 0.3) is 0 Å². The van der Waals surface area contributed by atoms with Gasteiger partial charge in [0.05, 0.1) is 4.90 Å². The van der Waals surface area contributed by atoms with Crippen LogP contribution in [0.1, 0.15) is 13.3 Å². The number of rotatable bonds is 5. The van der Waals surface area contributed by atoms with Gasteiger partial charge in [-0.15, -0.1) is 0 Å². The molecule has 1 aromatic carbocycles. The summed E-state index contributed by atoms with van der Waals surface area (Å²) in [6, 6.07) is 6.75. The zero-order chi connectivity index (χ0) is 12.5. The summed E-state index contributed by atoms with van der Waals surface area (Å²) in [7, 11) is -1.54. The van der Waals surface area contributed by atoms with E-state index in [0.29, 0.717) is 23.3 Å². The van der Waals surface area contributed by atoms with Crippen LogP contribution in [0.25, 0.3) is 0 Å². The van der Waals surface area contributed by atoms with Crippen molar-refractivity contribution in [2.45, 2.75) is 18.2 Å². The van der Waals surface area contributed by atoms with Gasteiger partial charge in [0.15, 0.2) is 0 Å². The summed E-state index contributed by atoms with van der Waals surface area (Å²) in [5, 5.41) is 2.96. The molecule has 1 saturated carbocycles. The fraction of sp³-hybridized carbons (Fsp3) is 0.500. The maximum absolute atomic E-state index is 11.9. The van der Waals surface area contributed by atoms with Crippen molar-refractivity contribution in [2.24, 2.45) is 11.8 Å². The van der Waals surface area contributed by atoms with E-state index in [1.165, 1.54) is 0 Å². The largest absolute Gasteiger partial charge is 0.388 e. The van der Waals surface area contributed by atoms with Crippen LogP contribution in [-0.2, 0) is 10.0 Å². The molecule has 94 valence electrons. The van der Waals surface area contributed by atoms with E-state index in [-0.39, 0.29) is 0 Å². The molecule has 2 rings (SSSR count). The number of benzene rings is 1. The van der Waals surface area contributed by atoms with Crippen LogP contribution in [-0.4, -0.2) is 22.0 Å². The summed E-state index contributed by atoms with van der Waals surface area (Å²) in [5.74, 6) is 1.17. The van der Waals surface area contributed by atoms with E-state index in [1.807, 2.05) is 0 Å². The van der Waals surface area contributed by atoms with Gasteiger partial charge in [0.2, 0.25) is 10.0 Å². The van der Waals surface area contributed by atoms with Crippen molar-refractivity contribution in [3.63, 3.8) is 0 Å². The summed E-state index contributed by atoms with van der Waals surface area (Å²) >= 11 is 0. The molecule has 2 N–H and O–H groups in total. The maximum Gasteiger partial charge on any atom is 0.240 e. The quantitative estimate of drug-likeness (QED) is 0.840. The third-order valence-corrected chi connectivity index (χ3v) is 4.70. The first-order valence-corrected chi connectivity index (χ1v) is 7.29. The molecule has 4 nitrogen and oxygen atoms in total. The molecule has 0 radical (unpaired) electrons. The molecule has 0 amide bonds. The normalized spacial score (nSPS) is 23.4. The smallest absolute Gasteiger partial charge is 0.240 e. The lowest BCUT2D eigenvalue weighted by molar-refractivity contribution is 0.574. The Hall–Kier alpha value is -1.07. The molecule has 0 saturated heterocycles. The predicted octanol–water partition coefficient (Wildman–Crippen LogP) is 1.66. The molecular weight excluding hydrogens is 236 g/mol. The fourth-order valence-corrected chi connectivity index (χ4v) is 2.88. The Kier molecular flexibility index (Phi) is 3.40. The van der Waals surface area contributed by atoms with Crippen LogP contribution in [0.2, 0.25) is 0 Å². The van der Waals surface area contributed by atoms with Gasteiger partial charge in [-0.2, -0.15) is 0 Å². The molecule has 0 aliphatic heterocycles.